The zero-order chi connectivity index (χ0) is 51.5. The Bertz CT molecular complexity index is 2310. The standard InChI is InChI=1S/C20H24O4.C18H20O4.C17H18O3.C3H8O2.2CH4.H/c1-3-23-20(21)15-19(16-7-5-4-6-8-16)17-9-11-18(12-10-17)24-14-13-22-2;1-21-11-12-22-16-9-7-15(8-10-16)17(13-18(19)20)14-5-3-2-4-6-14;1-2-20-17(19)12-16(13-6-4-3-5-7-13)14-8-10-15(18)11-9-14;1-5-3-2-4;;;/h4-12,19H,3,13-15H2,1-2H3;2-10,17H,11-13H2,1H3,(H,19,20);3-11,16,18H,2,12H2,1H3;4H,2-3H2,1H3;2*1H4;/q;;;;;;-1/i;;;;;;1+1. The van der Waals surface area contributed by atoms with Crippen LogP contribution in [0.3, 0.4) is 0 Å². The first-order valence-electron chi connectivity index (χ1n) is 23.6. The molecule has 6 rings (SSSR count). The molecule has 3 atom stereocenters. The van der Waals surface area contributed by atoms with Crippen LogP contribution in [0.1, 0.15) is 101 Å². The number of carbonyl (C=O) groups is 3. The number of carboxylic acids is 1. The van der Waals surface area contributed by atoms with Gasteiger partial charge in [0.25, 0.3) is 0 Å². The molecule has 13 heteroatoms. The lowest BCUT2D eigenvalue weighted by molar-refractivity contribution is -0.144. The first-order chi connectivity index (χ1) is 34.6. The molecule has 0 aliphatic rings. The molecule has 398 valence electrons. The molecule has 13 nitrogen and oxygen atoms in total. The molecule has 0 saturated heterocycles. The van der Waals surface area contributed by atoms with Gasteiger partial charge >= 0.3 is 17.9 Å². The number of methoxy groups -OCH3 is 3. The van der Waals surface area contributed by atoms with E-state index in [1.807, 2.05) is 159 Å². The molecule has 0 aromatic heterocycles. The largest absolute Gasteiger partial charge is 1.00 e. The quantitative estimate of drug-likeness (QED) is 0.0386. The lowest BCUT2D eigenvalue weighted by Gasteiger charge is -2.18. The van der Waals surface area contributed by atoms with Crippen LogP contribution in [0.5, 0.6) is 17.2 Å². The van der Waals surface area contributed by atoms with Crippen molar-refractivity contribution < 1.29 is 64.3 Å². The number of rotatable bonds is 24. The molecule has 6 aromatic carbocycles. The molecule has 6 aromatic rings. The van der Waals surface area contributed by atoms with Crippen LogP contribution >= 0.6 is 0 Å². The number of phenols is 1. The number of aliphatic hydroxyl groups is 1. The van der Waals surface area contributed by atoms with Crippen LogP contribution in [-0.2, 0) is 38.1 Å². The zero-order valence-electron chi connectivity index (χ0n) is 42.5. The molecule has 0 aliphatic carbocycles. The summed E-state index contributed by atoms with van der Waals surface area (Å²) < 4.78 is 35.6. The maximum atomic E-state index is 12.0. The van der Waals surface area contributed by atoms with Gasteiger partial charge in [0.1, 0.15) is 30.5 Å². The van der Waals surface area contributed by atoms with Gasteiger partial charge in [0.15, 0.2) is 0 Å². The molecule has 3 unspecified atom stereocenters. The minimum Gasteiger partial charge on any atom is -1.00 e. The van der Waals surface area contributed by atoms with Gasteiger partial charge in [0.2, 0.25) is 0 Å². The average Bonchev–Trinajstić information content (AvgIpc) is 3.39. The molecule has 0 fully saturated rings. The summed E-state index contributed by atoms with van der Waals surface area (Å²) in [5, 5.41) is 26.5. The predicted octanol–water partition coefficient (Wildman–Crippen LogP) is 11.6. The van der Waals surface area contributed by atoms with Gasteiger partial charge < -0.3 is 49.9 Å². The van der Waals surface area contributed by atoms with E-state index >= 15 is 0 Å². The highest BCUT2D eigenvalue weighted by molar-refractivity contribution is 5.72. The Morgan fingerprint density at radius 1 is 0.438 bits per heavy atom. The van der Waals surface area contributed by atoms with Crippen molar-refractivity contribution in [1.29, 1.82) is 0 Å². The SMILES string of the molecule is C.C.CCOC(=O)CC(c1ccccc1)c1ccc(O)cc1.CCOC(=O)CC(c1ccccc1)c1ccc(OCCOC)cc1.COCCO.COCCOc1ccc(C(CC(=O)O)c2ccccc2)cc1.[2H-]. The fourth-order valence-corrected chi connectivity index (χ4v) is 7.16. The van der Waals surface area contributed by atoms with Crippen molar-refractivity contribution in [3.05, 3.63) is 197 Å². The molecule has 0 saturated carbocycles. The summed E-state index contributed by atoms with van der Waals surface area (Å²) in [6, 6.07) is 51.9. The smallest absolute Gasteiger partial charge is 0.306 e. The fourth-order valence-electron chi connectivity index (χ4n) is 7.16. The van der Waals surface area contributed by atoms with Crippen LogP contribution in [0.25, 0.3) is 0 Å². The summed E-state index contributed by atoms with van der Waals surface area (Å²) in [5.41, 5.74) is 6.17. The van der Waals surface area contributed by atoms with Gasteiger partial charge in [-0.1, -0.05) is 142 Å². The number of aliphatic hydroxyl groups excluding tert-OH is 1. The molecule has 0 heterocycles. The molecule has 73 heavy (non-hydrogen) atoms. The maximum Gasteiger partial charge on any atom is 0.306 e. The van der Waals surface area contributed by atoms with Gasteiger partial charge in [-0.25, -0.2) is 0 Å². The van der Waals surface area contributed by atoms with Crippen LogP contribution in [0, 0.1) is 0 Å². The van der Waals surface area contributed by atoms with E-state index < -0.39 is 5.97 Å². The second-order valence-corrected chi connectivity index (χ2v) is 15.6. The van der Waals surface area contributed by atoms with Crippen LogP contribution in [0.15, 0.2) is 164 Å². The number of hydrogen-bond acceptors (Lipinski definition) is 12. The summed E-state index contributed by atoms with van der Waals surface area (Å²) in [6.45, 7) is 7.06. The maximum absolute atomic E-state index is 12.0. The van der Waals surface area contributed by atoms with Gasteiger partial charge in [-0.15, -0.1) is 0 Å². The molecule has 0 aliphatic heterocycles. The van der Waals surface area contributed by atoms with E-state index in [2.05, 4.69) is 4.74 Å². The van der Waals surface area contributed by atoms with E-state index in [-0.39, 0.29) is 64.7 Å². The van der Waals surface area contributed by atoms with Crippen LogP contribution in [0.4, 0.5) is 0 Å². The second-order valence-electron chi connectivity index (χ2n) is 15.6. The van der Waals surface area contributed by atoms with Crippen LogP contribution in [-0.4, -0.2) is 107 Å². The minimum absolute atomic E-state index is 0. The Balaban J connectivity index is 0.00000101. The average molecular weight is 1010 g/mol. The normalized spacial score (nSPS) is 11.3. The summed E-state index contributed by atoms with van der Waals surface area (Å²) >= 11 is 0. The van der Waals surface area contributed by atoms with Crippen LogP contribution < -0.4 is 9.47 Å². The lowest BCUT2D eigenvalue weighted by Crippen LogP contribution is -2.11. The van der Waals surface area contributed by atoms with Gasteiger partial charge in [0.05, 0.1) is 58.9 Å². The van der Waals surface area contributed by atoms with Crippen molar-refractivity contribution in [2.75, 3.05) is 74.2 Å². The monoisotopic (exact) mass is 1010 g/mol. The summed E-state index contributed by atoms with van der Waals surface area (Å²) in [5.74, 6) is 0.301. The van der Waals surface area contributed by atoms with E-state index in [1.54, 1.807) is 40.4 Å². The summed E-state index contributed by atoms with van der Waals surface area (Å²) in [6.07, 6.45) is 0.679. The number of carboxylic acid groups (broad SMARTS) is 1. The highest BCUT2D eigenvalue weighted by Crippen LogP contribution is 2.32. The van der Waals surface area contributed by atoms with Crippen molar-refractivity contribution >= 4 is 17.9 Å². The predicted molar refractivity (Wildman–Crippen MR) is 289 cm³/mol. The van der Waals surface area contributed by atoms with Crippen molar-refractivity contribution in [3.8, 4) is 17.2 Å². The third-order valence-electron chi connectivity index (χ3n) is 10.6. The third kappa shape index (κ3) is 25.3. The number of benzene rings is 6. The van der Waals surface area contributed by atoms with E-state index in [9.17, 15) is 19.5 Å². The van der Waals surface area contributed by atoms with Gasteiger partial charge in [-0.3, -0.25) is 14.4 Å². The second kappa shape index (κ2) is 38.6. The first-order valence-corrected chi connectivity index (χ1v) is 23.6. The minimum atomic E-state index is -0.811. The highest BCUT2D eigenvalue weighted by Gasteiger charge is 2.21. The Morgan fingerprint density at radius 3 is 1.01 bits per heavy atom. The molecule has 0 bridgehead atoms. The number of hydrogen-bond donors (Lipinski definition) is 3. The van der Waals surface area contributed by atoms with Crippen molar-refractivity contribution in [2.45, 2.75) is 65.7 Å². The number of aliphatic carboxylic acids is 1. The zero-order valence-corrected chi connectivity index (χ0v) is 41.5. The van der Waals surface area contributed by atoms with E-state index in [4.69, 9.17) is 38.6 Å². The molecule has 0 spiro atoms. The number of ether oxygens (including phenoxy) is 7. The Morgan fingerprint density at radius 2 is 0.740 bits per heavy atom. The Labute approximate surface area is 435 Å². The van der Waals surface area contributed by atoms with Gasteiger partial charge in [-0.05, 0) is 83.6 Å². The Hall–Kier alpha value is -7.03. The molecular formula is C60H79O13-. The van der Waals surface area contributed by atoms with Crippen molar-refractivity contribution in [3.63, 3.8) is 0 Å². The Kier molecular flexibility index (Phi) is 33.9. The third-order valence-corrected chi connectivity index (χ3v) is 10.6. The highest BCUT2D eigenvalue weighted by atomic mass is 16.5. The molecule has 3 N–H and O–H groups in total. The topological polar surface area (TPSA) is 177 Å². The number of phenolic OH excluding ortho intramolecular Hbond substituents is 1. The fraction of sp³-hybridized carbons (Fsp3) is 0.350. The molecule has 0 radical (unpaired) electrons. The van der Waals surface area contributed by atoms with E-state index in [0.29, 0.717) is 59.1 Å². The number of carbonyl (C=O) groups excluding carboxylic acids is 2. The lowest BCUT2D eigenvalue weighted by atomic mass is 9.88. The van der Waals surface area contributed by atoms with E-state index in [1.165, 1.54) is 0 Å². The molecule has 0 amide bonds. The summed E-state index contributed by atoms with van der Waals surface area (Å²) in [7, 11) is 4.82. The first kappa shape index (κ1) is 64.0. The van der Waals surface area contributed by atoms with E-state index in [0.717, 1.165) is 44.9 Å². The number of aromatic hydroxyl groups is 1. The van der Waals surface area contributed by atoms with Gasteiger partial charge in [0, 0.05) is 39.1 Å². The molecular weight excluding hydrogens is 929 g/mol. The van der Waals surface area contributed by atoms with Crippen molar-refractivity contribution in [1.82, 2.24) is 0 Å². The van der Waals surface area contributed by atoms with Crippen molar-refractivity contribution in [2.24, 2.45) is 0 Å². The van der Waals surface area contributed by atoms with Gasteiger partial charge in [-0.2, -0.15) is 0 Å². The number of esters is 2. The van der Waals surface area contributed by atoms with Crippen LogP contribution in [0.2, 0.25) is 0 Å². The summed E-state index contributed by atoms with van der Waals surface area (Å²) in [4.78, 5) is 34.9.